The third-order valence-corrected chi connectivity index (χ3v) is 5.31. The van der Waals surface area contributed by atoms with Crippen LogP contribution in [0.2, 0.25) is 0 Å². The number of amides is 1. The average Bonchev–Trinajstić information content (AvgIpc) is 3.33. The molecule has 0 aromatic heterocycles. The van der Waals surface area contributed by atoms with Gasteiger partial charge in [-0.2, -0.15) is 0 Å². The number of sulfone groups is 1. The fourth-order valence-electron chi connectivity index (χ4n) is 2.26. The van der Waals surface area contributed by atoms with Crippen molar-refractivity contribution in [3.63, 3.8) is 0 Å². The lowest BCUT2D eigenvalue weighted by molar-refractivity contribution is -0.117. The van der Waals surface area contributed by atoms with Gasteiger partial charge in [0.05, 0.1) is 10.6 Å². The lowest BCUT2D eigenvalue weighted by atomic mass is 10.2. The molecular weight excluding hydrogens is 298 g/mol. The van der Waals surface area contributed by atoms with Gasteiger partial charge in [0.15, 0.2) is 9.84 Å². The molecule has 1 N–H and O–H groups in total. The van der Waals surface area contributed by atoms with Crippen LogP contribution in [0.5, 0.6) is 0 Å². The number of carbonyl (C=O) groups excluding carboxylic acids is 1. The van der Waals surface area contributed by atoms with Gasteiger partial charge in [0.2, 0.25) is 5.91 Å². The molecule has 4 nitrogen and oxygen atoms in total. The van der Waals surface area contributed by atoms with Crippen molar-refractivity contribution in [3.8, 4) is 0 Å². The number of anilines is 1. The zero-order valence-electron chi connectivity index (χ0n) is 12.0. The monoisotopic (exact) mass is 315 g/mol. The maximum Gasteiger partial charge on any atom is 0.227 e. The molecule has 1 aliphatic rings. The summed E-state index contributed by atoms with van der Waals surface area (Å²) < 4.78 is 24.7. The van der Waals surface area contributed by atoms with Gasteiger partial charge in [0.25, 0.3) is 0 Å². The Morgan fingerprint density at radius 1 is 1.05 bits per heavy atom. The van der Waals surface area contributed by atoms with Crippen molar-refractivity contribution in [2.24, 2.45) is 5.92 Å². The first kappa shape index (κ1) is 14.8. The van der Waals surface area contributed by atoms with E-state index < -0.39 is 9.84 Å². The van der Waals surface area contributed by atoms with Gasteiger partial charge in [0, 0.05) is 11.6 Å². The van der Waals surface area contributed by atoms with Crippen molar-refractivity contribution in [2.75, 3.05) is 5.32 Å². The standard InChI is InChI=1S/C17H17NO3S/c19-17(14-9-10-14)18-15-6-4-5-13(11-15)12-22(20,21)16-7-2-1-3-8-16/h1-8,11,14H,9-10,12H2,(H,18,19). The molecule has 0 saturated heterocycles. The second-order valence-electron chi connectivity index (χ2n) is 5.54. The predicted molar refractivity (Wildman–Crippen MR) is 85.1 cm³/mol. The summed E-state index contributed by atoms with van der Waals surface area (Å²) in [6.07, 6.45) is 1.88. The van der Waals surface area contributed by atoms with Crippen LogP contribution in [-0.4, -0.2) is 14.3 Å². The first-order chi connectivity index (χ1) is 10.5. The maximum absolute atomic E-state index is 12.4. The second-order valence-corrected chi connectivity index (χ2v) is 7.53. The minimum Gasteiger partial charge on any atom is -0.326 e. The Morgan fingerprint density at radius 2 is 1.77 bits per heavy atom. The van der Waals surface area contributed by atoms with Crippen LogP contribution in [0.15, 0.2) is 59.5 Å². The van der Waals surface area contributed by atoms with Crippen LogP contribution >= 0.6 is 0 Å². The normalized spacial score (nSPS) is 14.5. The minimum atomic E-state index is -3.38. The number of carbonyl (C=O) groups is 1. The van der Waals surface area contributed by atoms with E-state index in [4.69, 9.17) is 0 Å². The zero-order valence-corrected chi connectivity index (χ0v) is 12.8. The highest BCUT2D eigenvalue weighted by Crippen LogP contribution is 2.30. The molecule has 2 aromatic carbocycles. The Morgan fingerprint density at radius 3 is 2.45 bits per heavy atom. The first-order valence-electron chi connectivity index (χ1n) is 7.22. The molecule has 114 valence electrons. The maximum atomic E-state index is 12.4. The van der Waals surface area contributed by atoms with E-state index in [9.17, 15) is 13.2 Å². The van der Waals surface area contributed by atoms with Crippen LogP contribution in [-0.2, 0) is 20.4 Å². The molecular formula is C17H17NO3S. The van der Waals surface area contributed by atoms with Gasteiger partial charge in [-0.15, -0.1) is 0 Å². The molecule has 1 fully saturated rings. The van der Waals surface area contributed by atoms with E-state index in [2.05, 4.69) is 5.32 Å². The second kappa shape index (κ2) is 5.93. The van der Waals surface area contributed by atoms with E-state index in [0.717, 1.165) is 12.8 Å². The van der Waals surface area contributed by atoms with Gasteiger partial charge in [-0.1, -0.05) is 30.3 Å². The van der Waals surface area contributed by atoms with Crippen molar-refractivity contribution in [2.45, 2.75) is 23.5 Å². The molecule has 2 aromatic rings. The highest BCUT2D eigenvalue weighted by atomic mass is 32.2. The first-order valence-corrected chi connectivity index (χ1v) is 8.87. The van der Waals surface area contributed by atoms with Crippen molar-refractivity contribution in [1.82, 2.24) is 0 Å². The number of benzene rings is 2. The Labute approximate surface area is 130 Å². The summed E-state index contributed by atoms with van der Waals surface area (Å²) in [6.45, 7) is 0. The van der Waals surface area contributed by atoms with Crippen LogP contribution in [0.4, 0.5) is 5.69 Å². The average molecular weight is 315 g/mol. The summed E-state index contributed by atoms with van der Waals surface area (Å²) >= 11 is 0. The summed E-state index contributed by atoms with van der Waals surface area (Å²) in [5.41, 5.74) is 1.31. The Hall–Kier alpha value is -2.14. The third-order valence-electron chi connectivity index (χ3n) is 3.60. The largest absolute Gasteiger partial charge is 0.326 e. The molecule has 3 rings (SSSR count). The van der Waals surface area contributed by atoms with Gasteiger partial charge in [-0.05, 0) is 42.7 Å². The highest BCUT2D eigenvalue weighted by Gasteiger charge is 2.29. The lowest BCUT2D eigenvalue weighted by Crippen LogP contribution is -2.13. The molecule has 0 unspecified atom stereocenters. The summed E-state index contributed by atoms with van der Waals surface area (Å²) in [6, 6.07) is 15.4. The van der Waals surface area contributed by atoms with Crippen LogP contribution in [0, 0.1) is 5.92 Å². The number of hydrogen-bond donors (Lipinski definition) is 1. The van der Waals surface area contributed by atoms with Crippen LogP contribution in [0.25, 0.3) is 0 Å². The van der Waals surface area contributed by atoms with Crippen molar-refractivity contribution in [3.05, 3.63) is 60.2 Å². The van der Waals surface area contributed by atoms with Crippen LogP contribution < -0.4 is 5.32 Å². The molecule has 5 heteroatoms. The van der Waals surface area contributed by atoms with E-state index in [1.165, 1.54) is 0 Å². The fraction of sp³-hybridized carbons (Fsp3) is 0.235. The molecule has 0 aliphatic heterocycles. The summed E-state index contributed by atoms with van der Waals surface area (Å²) in [4.78, 5) is 12.1. The third kappa shape index (κ3) is 3.54. The van der Waals surface area contributed by atoms with Crippen LogP contribution in [0.3, 0.4) is 0 Å². The van der Waals surface area contributed by atoms with Gasteiger partial charge in [-0.25, -0.2) is 8.42 Å². The van der Waals surface area contributed by atoms with Crippen LogP contribution in [0.1, 0.15) is 18.4 Å². The molecule has 1 amide bonds. The van der Waals surface area contributed by atoms with E-state index in [1.807, 2.05) is 0 Å². The molecule has 0 spiro atoms. The fourth-order valence-corrected chi connectivity index (χ4v) is 3.62. The molecule has 1 aliphatic carbocycles. The summed E-state index contributed by atoms with van der Waals surface area (Å²) in [5, 5.41) is 2.84. The highest BCUT2D eigenvalue weighted by molar-refractivity contribution is 7.90. The lowest BCUT2D eigenvalue weighted by Gasteiger charge is -2.08. The zero-order chi connectivity index (χ0) is 15.6. The minimum absolute atomic E-state index is 0.0167. The van der Waals surface area contributed by atoms with Crippen molar-refractivity contribution < 1.29 is 13.2 Å². The smallest absolute Gasteiger partial charge is 0.227 e. The van der Waals surface area contributed by atoms with Gasteiger partial charge in [0.1, 0.15) is 0 Å². The molecule has 22 heavy (non-hydrogen) atoms. The van der Waals surface area contributed by atoms with Crippen molar-refractivity contribution in [1.29, 1.82) is 0 Å². The molecule has 0 heterocycles. The SMILES string of the molecule is O=C(Nc1cccc(CS(=O)(=O)c2ccccc2)c1)C1CC1. The summed E-state index contributed by atoms with van der Waals surface area (Å²) in [5.74, 6) is 0.0595. The number of hydrogen-bond acceptors (Lipinski definition) is 3. The quantitative estimate of drug-likeness (QED) is 0.922. The Balaban J connectivity index is 1.76. The van der Waals surface area contributed by atoms with Gasteiger partial charge >= 0.3 is 0 Å². The number of nitrogens with one attached hydrogen (secondary N) is 1. The molecule has 1 saturated carbocycles. The van der Waals surface area contributed by atoms with Crippen molar-refractivity contribution >= 4 is 21.4 Å². The predicted octanol–water partition coefficient (Wildman–Crippen LogP) is 3.01. The van der Waals surface area contributed by atoms with Gasteiger partial charge < -0.3 is 5.32 Å². The molecule has 0 atom stereocenters. The Bertz CT molecular complexity index is 781. The van der Waals surface area contributed by atoms with E-state index >= 15 is 0 Å². The van der Waals surface area contributed by atoms with E-state index in [0.29, 0.717) is 16.1 Å². The molecule has 0 bridgehead atoms. The topological polar surface area (TPSA) is 63.2 Å². The number of rotatable bonds is 5. The van der Waals surface area contributed by atoms with Gasteiger partial charge in [-0.3, -0.25) is 4.79 Å². The van der Waals surface area contributed by atoms with E-state index in [1.54, 1.807) is 54.6 Å². The summed E-state index contributed by atoms with van der Waals surface area (Å²) in [7, 11) is -3.38. The van der Waals surface area contributed by atoms with E-state index in [-0.39, 0.29) is 17.6 Å². The molecule has 0 radical (unpaired) electrons. The Kier molecular flexibility index (Phi) is 3.98.